The van der Waals surface area contributed by atoms with Crippen molar-refractivity contribution in [2.75, 3.05) is 47.1 Å². The molecule has 0 heterocycles. The van der Waals surface area contributed by atoms with Gasteiger partial charge in [-0.1, -0.05) is 59.3 Å². The first-order chi connectivity index (χ1) is 11.5. The third-order valence-corrected chi connectivity index (χ3v) is 2.83. The fraction of sp³-hybridized carbons (Fsp3) is 1.00. The Morgan fingerprint density at radius 2 is 0.800 bits per heavy atom. The first-order valence-corrected chi connectivity index (χ1v) is 9.60. The zero-order valence-corrected chi connectivity index (χ0v) is 19.2. The van der Waals surface area contributed by atoms with Gasteiger partial charge < -0.3 is 25.3 Å². The number of aliphatic hydroxyl groups excluding tert-OH is 4. The first-order valence-electron chi connectivity index (χ1n) is 9.60. The van der Waals surface area contributed by atoms with E-state index in [0.717, 1.165) is 45.1 Å². The minimum Gasteiger partial charge on any atom is -0.396 e. The Labute approximate surface area is 172 Å². The molecule has 0 spiro atoms. The van der Waals surface area contributed by atoms with Crippen LogP contribution in [0.2, 0.25) is 0 Å². The van der Waals surface area contributed by atoms with Gasteiger partial charge in [-0.2, -0.15) is 0 Å². The Bertz CT molecular complexity index is 133. The maximum atomic E-state index is 8.20. The Morgan fingerprint density at radius 1 is 0.520 bits per heavy atom. The van der Waals surface area contributed by atoms with Crippen molar-refractivity contribution in [3.8, 4) is 0 Å². The van der Waals surface area contributed by atoms with Gasteiger partial charge in [-0.3, -0.25) is 0 Å². The van der Waals surface area contributed by atoms with Gasteiger partial charge in [0.15, 0.2) is 0 Å². The number of likely N-dealkylation sites (N-methyl/N-ethyl adjacent to an activating group) is 1. The minimum absolute atomic E-state index is 0. The summed E-state index contributed by atoms with van der Waals surface area (Å²) in [5.41, 5.74) is 0. The quantitative estimate of drug-likeness (QED) is 0.316. The van der Waals surface area contributed by atoms with Gasteiger partial charge in [0.1, 0.15) is 0 Å². The van der Waals surface area contributed by atoms with Crippen molar-refractivity contribution >= 4 is 0 Å². The van der Waals surface area contributed by atoms with Gasteiger partial charge in [-0.15, -0.1) is 0 Å². The molecule has 0 aromatic heterocycles. The molecular weight excluding hydrogens is 354 g/mol. The number of hydrogen-bond acceptors (Lipinski definition) is 5. The predicted molar refractivity (Wildman–Crippen MR) is 105 cm³/mol. The average Bonchev–Trinajstić information content (AvgIpc) is 2.57. The van der Waals surface area contributed by atoms with E-state index in [1.165, 1.54) is 19.3 Å². The SMILES string of the molecule is CCCCCO.CCCCCO.CCCCCO.CN(C)CCO.[Ti]. The second kappa shape index (κ2) is 44.2. The summed E-state index contributed by atoms with van der Waals surface area (Å²) in [6.45, 7) is 8.45. The third-order valence-electron chi connectivity index (χ3n) is 2.83. The van der Waals surface area contributed by atoms with E-state index in [1.807, 2.05) is 19.0 Å². The number of rotatable bonds is 11. The van der Waals surface area contributed by atoms with Crippen LogP contribution in [0.5, 0.6) is 0 Å². The number of hydrogen-bond donors (Lipinski definition) is 4. The van der Waals surface area contributed by atoms with Crippen LogP contribution in [0.1, 0.15) is 78.6 Å². The van der Waals surface area contributed by atoms with Crippen LogP contribution in [-0.2, 0) is 21.7 Å². The Morgan fingerprint density at radius 3 is 0.840 bits per heavy atom. The van der Waals surface area contributed by atoms with Crippen LogP contribution >= 0.6 is 0 Å². The zero-order valence-electron chi connectivity index (χ0n) is 17.6. The van der Waals surface area contributed by atoms with Gasteiger partial charge in [0, 0.05) is 48.1 Å². The minimum atomic E-state index is 0. The summed E-state index contributed by atoms with van der Waals surface area (Å²) in [5, 5.41) is 32.8. The molecule has 25 heavy (non-hydrogen) atoms. The Balaban J connectivity index is -0.0000000702. The van der Waals surface area contributed by atoms with E-state index < -0.39 is 0 Å². The van der Waals surface area contributed by atoms with E-state index in [4.69, 9.17) is 20.4 Å². The van der Waals surface area contributed by atoms with Crippen molar-refractivity contribution in [3.63, 3.8) is 0 Å². The number of unbranched alkanes of at least 4 members (excludes halogenated alkanes) is 6. The van der Waals surface area contributed by atoms with Gasteiger partial charge >= 0.3 is 0 Å². The molecule has 156 valence electrons. The van der Waals surface area contributed by atoms with Crippen molar-refractivity contribution < 1.29 is 42.1 Å². The van der Waals surface area contributed by atoms with Gasteiger partial charge in [-0.05, 0) is 33.4 Å². The molecule has 0 amide bonds. The van der Waals surface area contributed by atoms with Crippen molar-refractivity contribution in [2.24, 2.45) is 0 Å². The van der Waals surface area contributed by atoms with Crippen LogP contribution in [-0.4, -0.2) is 72.4 Å². The number of nitrogens with zero attached hydrogens (tertiary/aromatic N) is 1. The van der Waals surface area contributed by atoms with Crippen LogP contribution in [0.4, 0.5) is 0 Å². The van der Waals surface area contributed by atoms with Crippen LogP contribution < -0.4 is 0 Å². The molecule has 0 atom stereocenters. The normalized spacial score (nSPS) is 8.88. The maximum Gasteiger partial charge on any atom is 0.0558 e. The van der Waals surface area contributed by atoms with E-state index in [-0.39, 0.29) is 28.3 Å². The van der Waals surface area contributed by atoms with E-state index in [9.17, 15) is 0 Å². The molecule has 0 aromatic carbocycles. The fourth-order valence-electron chi connectivity index (χ4n) is 1.29. The molecule has 4 N–H and O–H groups in total. The van der Waals surface area contributed by atoms with E-state index in [1.54, 1.807) is 0 Å². The summed E-state index contributed by atoms with van der Waals surface area (Å²) in [6.07, 6.45) is 9.98. The molecule has 0 aromatic rings. The molecule has 0 saturated carbocycles. The summed E-state index contributed by atoms with van der Waals surface area (Å²) in [6, 6.07) is 0. The Kier molecular flexibility index (Phi) is 64.4. The Hall–Kier alpha value is 0.514. The molecule has 6 heteroatoms. The molecule has 5 nitrogen and oxygen atoms in total. The first kappa shape index (κ1) is 36.4. The predicted octanol–water partition coefficient (Wildman–Crippen LogP) is 3.04. The summed E-state index contributed by atoms with van der Waals surface area (Å²) in [5.74, 6) is 0. The summed E-state index contributed by atoms with van der Waals surface area (Å²) >= 11 is 0. The molecule has 0 bridgehead atoms. The van der Waals surface area contributed by atoms with Crippen molar-refractivity contribution in [1.29, 1.82) is 0 Å². The van der Waals surface area contributed by atoms with Crippen LogP contribution in [0.3, 0.4) is 0 Å². The summed E-state index contributed by atoms with van der Waals surface area (Å²) < 4.78 is 0. The molecule has 0 unspecified atom stereocenters. The standard InChI is InChI=1S/3C5H12O.C4H11NO.Ti/c3*1-2-3-4-5-6;1-5(2)3-4-6;/h3*6H,2-5H2,1H3;6H,3-4H2,1-2H3;. The zero-order chi connectivity index (χ0) is 19.5. The number of aliphatic hydroxyl groups is 4. The smallest absolute Gasteiger partial charge is 0.0558 e. The maximum absolute atomic E-state index is 8.20. The molecule has 0 rings (SSSR count). The van der Waals surface area contributed by atoms with Crippen LogP contribution in [0.25, 0.3) is 0 Å². The molecule has 0 fully saturated rings. The van der Waals surface area contributed by atoms with E-state index in [0.29, 0.717) is 19.8 Å². The van der Waals surface area contributed by atoms with Gasteiger partial charge in [-0.25, -0.2) is 0 Å². The second-order valence-corrected chi connectivity index (χ2v) is 5.82. The van der Waals surface area contributed by atoms with Crippen LogP contribution in [0, 0.1) is 0 Å². The van der Waals surface area contributed by atoms with E-state index >= 15 is 0 Å². The third kappa shape index (κ3) is 79.3. The van der Waals surface area contributed by atoms with Gasteiger partial charge in [0.2, 0.25) is 0 Å². The molecule has 0 aliphatic rings. The van der Waals surface area contributed by atoms with Gasteiger partial charge in [0.25, 0.3) is 0 Å². The molecule has 0 saturated heterocycles. The molecular formula is C19H47NO4Ti. The van der Waals surface area contributed by atoms with Gasteiger partial charge in [0.05, 0.1) is 6.61 Å². The molecule has 0 radical (unpaired) electrons. The summed E-state index contributed by atoms with van der Waals surface area (Å²) in [7, 11) is 3.85. The topological polar surface area (TPSA) is 84.2 Å². The average molecular weight is 401 g/mol. The molecule has 0 aliphatic carbocycles. The van der Waals surface area contributed by atoms with E-state index in [2.05, 4.69) is 20.8 Å². The molecule has 0 aliphatic heterocycles. The largest absolute Gasteiger partial charge is 0.396 e. The van der Waals surface area contributed by atoms with Crippen molar-refractivity contribution in [3.05, 3.63) is 0 Å². The van der Waals surface area contributed by atoms with Crippen molar-refractivity contribution in [2.45, 2.75) is 78.6 Å². The van der Waals surface area contributed by atoms with Crippen LogP contribution in [0.15, 0.2) is 0 Å². The van der Waals surface area contributed by atoms with Crippen molar-refractivity contribution in [1.82, 2.24) is 4.90 Å². The summed E-state index contributed by atoms with van der Waals surface area (Å²) in [4.78, 5) is 1.93. The monoisotopic (exact) mass is 401 g/mol. The second-order valence-electron chi connectivity index (χ2n) is 5.82. The fourth-order valence-corrected chi connectivity index (χ4v) is 1.29.